The Hall–Kier alpha value is -5.97. The molecule has 0 bridgehead atoms. The lowest BCUT2D eigenvalue weighted by atomic mass is 9.77. The number of β-amino-alcohol motifs (C(OH)–C–C–N with tert-alkyl or cyclic N) is 1. The molecule has 27 heteroatoms. The Morgan fingerprint density at radius 2 is 1.24 bits per heavy atom. The Morgan fingerprint density at radius 1 is 0.706 bits per heavy atom. The van der Waals surface area contributed by atoms with Gasteiger partial charge < -0.3 is 68.1 Å². The van der Waals surface area contributed by atoms with Gasteiger partial charge in [0.2, 0.25) is 23.6 Å². The van der Waals surface area contributed by atoms with Crippen molar-refractivity contribution in [1.29, 1.82) is 0 Å². The number of hydrogen-bond acceptors (Lipinski definition) is 16. The molecule has 5 amide bonds. The van der Waals surface area contributed by atoms with E-state index in [2.05, 4.69) is 26.3 Å². The quantitative estimate of drug-likeness (QED) is 0.0188. The lowest BCUT2D eigenvalue weighted by Gasteiger charge is -2.33. The molecule has 0 radical (unpaired) electrons. The molecule has 378 valence electrons. The van der Waals surface area contributed by atoms with E-state index in [-0.39, 0.29) is 141 Å². The van der Waals surface area contributed by atoms with E-state index in [1.165, 1.54) is 12.1 Å². The molecular weight excluding hydrogens is 895 g/mol. The maximum absolute atomic E-state index is 13.5. The van der Waals surface area contributed by atoms with Crippen LogP contribution in [0.25, 0.3) is 0 Å². The summed E-state index contributed by atoms with van der Waals surface area (Å²) in [6, 6.07) is 5.34. The van der Waals surface area contributed by atoms with Crippen LogP contribution in [0.4, 0.5) is 0 Å². The first-order chi connectivity index (χ1) is 32.3. The van der Waals surface area contributed by atoms with Crippen molar-refractivity contribution in [1.82, 2.24) is 45.8 Å². The van der Waals surface area contributed by atoms with E-state index in [1.54, 1.807) is 31.7 Å². The maximum Gasteiger partial charge on any atom is 0.475 e. The van der Waals surface area contributed by atoms with Gasteiger partial charge in [-0.25, -0.2) is 0 Å². The summed E-state index contributed by atoms with van der Waals surface area (Å²) in [7, 11) is -1.83. The fourth-order valence-electron chi connectivity index (χ4n) is 7.58. The van der Waals surface area contributed by atoms with Gasteiger partial charge in [0.15, 0.2) is 5.96 Å². The Bertz CT molecular complexity index is 1840. The summed E-state index contributed by atoms with van der Waals surface area (Å²) >= 11 is 0. The molecule has 2 fully saturated rings. The van der Waals surface area contributed by atoms with Crippen LogP contribution in [0, 0.1) is 0 Å². The van der Waals surface area contributed by atoms with E-state index < -0.39 is 73.3 Å². The summed E-state index contributed by atoms with van der Waals surface area (Å²) < 4.78 is 0. The second kappa shape index (κ2) is 29.7. The van der Waals surface area contributed by atoms with Crippen LogP contribution >= 0.6 is 0 Å². The molecule has 0 aliphatic carbocycles. The Labute approximate surface area is 394 Å². The van der Waals surface area contributed by atoms with Gasteiger partial charge in [-0.1, -0.05) is 12.1 Å². The first-order valence-electron chi connectivity index (χ1n) is 22.4. The summed E-state index contributed by atoms with van der Waals surface area (Å²) in [4.78, 5) is 111. The molecule has 1 aromatic carbocycles. The first-order valence-corrected chi connectivity index (χ1v) is 22.4. The zero-order valence-corrected chi connectivity index (χ0v) is 38.2. The van der Waals surface area contributed by atoms with Crippen molar-refractivity contribution < 1.29 is 68.8 Å². The molecule has 0 aromatic heterocycles. The van der Waals surface area contributed by atoms with Gasteiger partial charge in [-0.15, -0.1) is 0 Å². The summed E-state index contributed by atoms with van der Waals surface area (Å²) in [6.07, 6.45) is 0.629. The van der Waals surface area contributed by atoms with Gasteiger partial charge in [0.25, 0.3) is 5.91 Å². The van der Waals surface area contributed by atoms with Crippen LogP contribution in [-0.4, -0.2) is 238 Å². The van der Waals surface area contributed by atoms with E-state index >= 15 is 0 Å². The van der Waals surface area contributed by atoms with Crippen molar-refractivity contribution in [2.75, 3.05) is 105 Å². The number of aliphatic hydroxyl groups excluding tert-OH is 1. The second-order valence-electron chi connectivity index (χ2n) is 16.7. The second-order valence-corrected chi connectivity index (χ2v) is 16.7. The van der Waals surface area contributed by atoms with Crippen LogP contribution in [0.3, 0.4) is 0 Å². The van der Waals surface area contributed by atoms with Crippen molar-refractivity contribution in [3.63, 3.8) is 0 Å². The molecule has 2 saturated heterocycles. The molecule has 14 N–H and O–H groups in total. The van der Waals surface area contributed by atoms with Crippen molar-refractivity contribution in [2.24, 2.45) is 16.5 Å². The number of nitrogens with zero attached hydrogens (tertiary/aromatic N) is 6. The highest BCUT2D eigenvalue weighted by molar-refractivity contribution is 6.43. The van der Waals surface area contributed by atoms with Gasteiger partial charge in [0, 0.05) is 90.5 Å². The molecule has 68 heavy (non-hydrogen) atoms. The molecule has 2 aliphatic rings. The standard InChI is InChI=1S/C41H67BN12O14/c43-41(44)46-11-3-4-31(49-34(57)24-50-12-14-51(25-36(59)60)16-18-53(27-38(63)64)19-17-52(15-13-50)26-37(61)62)40(66)45-10-2-1-5-33(56)47-21-28-6-8-29(9-7-28)39(65)48-22-35(58)54-23-30(55)20-32(54)42(67)68/h6-9,30-32,55,67-68H,1-5,10-27H2,(H,45,66)(H,47,56)(H,48,65)(H,49,57)(H,59,60)(H,61,62)(H,63,64)(H4,43,44,46)/t30-,31-,32?/m0/s1. The van der Waals surface area contributed by atoms with E-state index in [0.29, 0.717) is 24.8 Å². The first kappa shape index (κ1) is 56.4. The van der Waals surface area contributed by atoms with E-state index in [0.717, 1.165) is 4.90 Å². The third kappa shape index (κ3) is 22.2. The number of aliphatic hydroxyl groups is 1. The van der Waals surface area contributed by atoms with E-state index in [4.69, 9.17) is 11.5 Å². The van der Waals surface area contributed by atoms with E-state index in [9.17, 15) is 68.8 Å². The minimum absolute atomic E-state index is 0.00943. The zero-order chi connectivity index (χ0) is 50.2. The number of likely N-dealkylation sites (tertiary alicyclic amines) is 1. The van der Waals surface area contributed by atoms with Crippen LogP contribution in [0.15, 0.2) is 29.3 Å². The normalized spacial score (nSPS) is 18.2. The van der Waals surface area contributed by atoms with Crippen molar-refractivity contribution >= 4 is 60.5 Å². The zero-order valence-electron chi connectivity index (χ0n) is 38.2. The minimum Gasteiger partial charge on any atom is -0.480 e. The predicted molar refractivity (Wildman–Crippen MR) is 244 cm³/mol. The highest BCUT2D eigenvalue weighted by atomic mass is 16.4. The number of carbonyl (C=O) groups excluding carboxylic acids is 5. The average molecular weight is 963 g/mol. The smallest absolute Gasteiger partial charge is 0.475 e. The Kier molecular flexibility index (Phi) is 24.6. The van der Waals surface area contributed by atoms with Crippen LogP contribution < -0.4 is 32.7 Å². The SMILES string of the molecule is NC(N)=NCCC[C@H](NC(=O)CN1CCN(CC(=O)O)CCN(CC(=O)O)CCN(CC(=O)O)CC1)C(=O)NCCCCC(=O)NCc1ccc(C(=O)NCC(=O)N2C[C@@H](O)CC2B(O)O)cc1. The molecule has 26 nitrogen and oxygen atoms in total. The molecular formula is C41H67BN12O14. The number of nitrogens with one attached hydrogen (secondary N) is 4. The van der Waals surface area contributed by atoms with Gasteiger partial charge in [-0.2, -0.15) is 0 Å². The lowest BCUT2D eigenvalue weighted by molar-refractivity contribution is -0.140. The minimum atomic E-state index is -1.83. The molecule has 2 heterocycles. The average Bonchev–Trinajstić information content (AvgIpc) is 3.68. The van der Waals surface area contributed by atoms with E-state index in [1.807, 2.05) is 0 Å². The van der Waals surface area contributed by atoms with Gasteiger partial charge >= 0.3 is 25.0 Å². The number of unbranched alkanes of at least 4 members (excludes halogenated alkanes) is 1. The van der Waals surface area contributed by atoms with Crippen molar-refractivity contribution in [3.8, 4) is 0 Å². The molecule has 1 unspecified atom stereocenters. The number of carboxylic acid groups (broad SMARTS) is 3. The summed E-state index contributed by atoms with van der Waals surface area (Å²) in [5, 5.41) is 68.1. The molecule has 3 rings (SSSR count). The predicted octanol–water partition coefficient (Wildman–Crippen LogP) is -5.69. The lowest BCUT2D eigenvalue weighted by Crippen LogP contribution is -2.52. The van der Waals surface area contributed by atoms with Crippen LogP contribution in [0.2, 0.25) is 0 Å². The summed E-state index contributed by atoms with van der Waals surface area (Å²) in [5.74, 6) is -6.70. The van der Waals surface area contributed by atoms with Gasteiger partial charge in [-0.05, 0) is 49.8 Å². The topological polar surface area (TPSA) is 387 Å². The number of rotatable bonds is 25. The monoisotopic (exact) mass is 962 g/mol. The number of amides is 5. The number of nitrogens with two attached hydrogens (primary N) is 2. The van der Waals surface area contributed by atoms with Gasteiger partial charge in [-0.3, -0.25) is 62.9 Å². The third-order valence-corrected chi connectivity index (χ3v) is 11.2. The highest BCUT2D eigenvalue weighted by Gasteiger charge is 2.41. The summed E-state index contributed by atoms with van der Waals surface area (Å²) in [6.45, 7) is 0.602. The van der Waals surface area contributed by atoms with Crippen LogP contribution in [0.1, 0.15) is 54.4 Å². The number of carbonyl (C=O) groups is 8. The molecule has 0 saturated carbocycles. The molecule has 3 atom stereocenters. The fraction of sp³-hybridized carbons (Fsp3) is 0.634. The van der Waals surface area contributed by atoms with Crippen molar-refractivity contribution in [2.45, 2.75) is 63.2 Å². The molecule has 1 aromatic rings. The van der Waals surface area contributed by atoms with Crippen LogP contribution in [0.5, 0.6) is 0 Å². The third-order valence-electron chi connectivity index (χ3n) is 11.2. The maximum atomic E-state index is 13.5. The van der Waals surface area contributed by atoms with Crippen LogP contribution in [-0.2, 0) is 40.1 Å². The summed E-state index contributed by atoms with van der Waals surface area (Å²) in [5.41, 5.74) is 11.8. The number of hydrogen-bond donors (Lipinski definition) is 12. The Morgan fingerprint density at radius 3 is 1.74 bits per heavy atom. The van der Waals surface area contributed by atoms with Gasteiger partial charge in [0.05, 0.1) is 44.8 Å². The number of aliphatic carboxylic acids is 3. The fourth-order valence-corrected chi connectivity index (χ4v) is 7.58. The van der Waals surface area contributed by atoms with Gasteiger partial charge in [0.1, 0.15) is 6.04 Å². The number of benzene rings is 1. The highest BCUT2D eigenvalue weighted by Crippen LogP contribution is 2.19. The number of guanidine groups is 1. The molecule has 0 spiro atoms. The van der Waals surface area contributed by atoms with Crippen molar-refractivity contribution in [3.05, 3.63) is 35.4 Å². The molecule has 2 aliphatic heterocycles. The number of carboxylic acids is 3. The largest absolute Gasteiger partial charge is 0.480 e. The Balaban J connectivity index is 1.49. The number of aliphatic imine (C=N–C) groups is 1.